The molecule has 5 heterocycles. The highest BCUT2D eigenvalue weighted by atomic mass is 79.9. The Hall–Kier alpha value is -1.87. The normalized spacial score (nSPS) is 26.8. The van der Waals surface area contributed by atoms with Gasteiger partial charge in [0.2, 0.25) is 4.73 Å². The number of halogens is 1. The van der Waals surface area contributed by atoms with Crippen LogP contribution in [-0.2, 0) is 4.74 Å². The Balaban J connectivity index is 1.30. The van der Waals surface area contributed by atoms with Crippen molar-refractivity contribution in [1.29, 1.82) is 0 Å². The van der Waals surface area contributed by atoms with Gasteiger partial charge in [-0.1, -0.05) is 6.07 Å². The van der Waals surface area contributed by atoms with Crippen LogP contribution in [0.1, 0.15) is 19.1 Å². The molecule has 0 amide bonds. The van der Waals surface area contributed by atoms with Gasteiger partial charge in [-0.05, 0) is 40.9 Å². The average Bonchev–Trinajstić information content (AvgIpc) is 3.36. The molecule has 0 saturated carbocycles. The highest BCUT2D eigenvalue weighted by molar-refractivity contribution is 9.10. The Morgan fingerprint density at radius 1 is 1.15 bits per heavy atom. The minimum Gasteiger partial charge on any atom is -0.394 e. The van der Waals surface area contributed by atoms with E-state index in [1.807, 2.05) is 36.2 Å². The summed E-state index contributed by atoms with van der Waals surface area (Å²) in [6.07, 6.45) is 1.09. The van der Waals surface area contributed by atoms with Crippen molar-refractivity contribution in [2.45, 2.75) is 47.7 Å². The minimum atomic E-state index is -1.22. The van der Waals surface area contributed by atoms with Crippen LogP contribution in [0.15, 0.2) is 40.5 Å². The van der Waals surface area contributed by atoms with Crippen molar-refractivity contribution in [1.82, 2.24) is 29.5 Å². The van der Waals surface area contributed by atoms with E-state index in [4.69, 9.17) is 4.74 Å². The molecule has 2 aliphatic rings. The molecule has 176 valence electrons. The van der Waals surface area contributed by atoms with Crippen LogP contribution in [0.2, 0.25) is 0 Å². The lowest BCUT2D eigenvalue weighted by atomic mass is 10.1. The predicted octanol–water partition coefficient (Wildman–Crippen LogP) is 1.18. The first-order valence-electron chi connectivity index (χ1n) is 10.7. The van der Waals surface area contributed by atoms with Crippen LogP contribution in [-0.4, -0.2) is 88.1 Å². The number of piperidine rings is 1. The van der Waals surface area contributed by atoms with Crippen LogP contribution in [0.4, 0.5) is 5.82 Å². The number of aromatic nitrogens is 5. The number of ether oxygens (including phenoxy) is 1. The standard InChI is InChI=1S/C20H24BrN7O4S/c21-20-24-17(26-27-7-4-11(5-8-27)33-13-3-1-2-6-22-13)14-18(25-20)28(10-23-14)19-16(31)15(30)12(9-29)32-19/h1-3,6,10-12,15-16,19,29-31H,4-5,7-9H2,(H,24,25,26)/t12-,15?,16?,19-/m1/s1. The summed E-state index contributed by atoms with van der Waals surface area (Å²) in [6.45, 7) is 1.27. The molecule has 11 nitrogen and oxygen atoms in total. The summed E-state index contributed by atoms with van der Waals surface area (Å²) < 4.78 is 7.54. The van der Waals surface area contributed by atoms with Crippen molar-refractivity contribution in [3.05, 3.63) is 35.5 Å². The predicted molar refractivity (Wildman–Crippen MR) is 124 cm³/mol. The number of aliphatic hydroxyl groups excluding tert-OH is 3. The number of hydrazine groups is 1. The Bertz CT molecular complexity index is 1100. The van der Waals surface area contributed by atoms with Gasteiger partial charge in [0.05, 0.1) is 18.0 Å². The number of anilines is 1. The van der Waals surface area contributed by atoms with Gasteiger partial charge in [0, 0.05) is 24.5 Å². The van der Waals surface area contributed by atoms with Crippen molar-refractivity contribution in [2.24, 2.45) is 0 Å². The molecule has 13 heteroatoms. The van der Waals surface area contributed by atoms with E-state index in [9.17, 15) is 15.3 Å². The quantitative estimate of drug-likeness (QED) is 0.336. The average molecular weight is 538 g/mol. The number of thioether (sulfide) groups is 1. The van der Waals surface area contributed by atoms with E-state index in [2.05, 4.69) is 46.3 Å². The number of nitrogens with one attached hydrogen (secondary N) is 1. The molecule has 4 N–H and O–H groups in total. The van der Waals surface area contributed by atoms with E-state index < -0.39 is 31.1 Å². The number of nitrogens with zero attached hydrogens (tertiary/aromatic N) is 6. The third-order valence-corrected chi connectivity index (χ3v) is 7.46. The zero-order chi connectivity index (χ0) is 22.9. The van der Waals surface area contributed by atoms with E-state index in [1.165, 1.54) is 6.33 Å². The summed E-state index contributed by atoms with van der Waals surface area (Å²) in [7, 11) is 0. The molecule has 4 atom stereocenters. The second-order valence-electron chi connectivity index (χ2n) is 7.98. The van der Waals surface area contributed by atoms with E-state index in [1.54, 1.807) is 4.57 Å². The minimum absolute atomic E-state index is 0.353. The summed E-state index contributed by atoms with van der Waals surface area (Å²) in [6, 6.07) is 5.96. The maximum Gasteiger partial charge on any atom is 0.200 e. The third-order valence-electron chi connectivity index (χ3n) is 5.82. The number of hydrogen-bond acceptors (Lipinski definition) is 11. The first-order chi connectivity index (χ1) is 16.0. The summed E-state index contributed by atoms with van der Waals surface area (Å²) in [5.41, 5.74) is 4.31. The Morgan fingerprint density at radius 2 is 1.97 bits per heavy atom. The SMILES string of the molecule is OC[C@H]1O[C@@H](n2cnc3c(NN4CCC(Sc5ccccn5)CC4)nc(Br)nc32)C(O)C1O. The second kappa shape index (κ2) is 9.78. The number of pyridine rings is 1. The maximum absolute atomic E-state index is 10.4. The van der Waals surface area contributed by atoms with Gasteiger partial charge < -0.3 is 25.5 Å². The molecule has 0 spiro atoms. The van der Waals surface area contributed by atoms with Crippen molar-refractivity contribution < 1.29 is 20.1 Å². The molecule has 3 aromatic rings. The Morgan fingerprint density at radius 3 is 2.67 bits per heavy atom. The fourth-order valence-corrected chi connectivity index (χ4v) is 5.50. The summed E-state index contributed by atoms with van der Waals surface area (Å²) >= 11 is 5.16. The van der Waals surface area contributed by atoms with Crippen LogP contribution in [0.3, 0.4) is 0 Å². The molecule has 3 aromatic heterocycles. The molecule has 0 aliphatic carbocycles. The second-order valence-corrected chi connectivity index (χ2v) is 10.0. The molecule has 2 fully saturated rings. The number of hydrogen-bond donors (Lipinski definition) is 4. The number of rotatable bonds is 6. The molecule has 2 aliphatic heterocycles. The molecule has 0 radical (unpaired) electrons. The Labute approximate surface area is 202 Å². The summed E-state index contributed by atoms with van der Waals surface area (Å²) in [5.74, 6) is 0.535. The van der Waals surface area contributed by atoms with E-state index >= 15 is 0 Å². The number of aliphatic hydroxyl groups is 3. The molecule has 2 unspecified atom stereocenters. The smallest absolute Gasteiger partial charge is 0.200 e. The summed E-state index contributed by atoms with van der Waals surface area (Å²) in [5, 5.41) is 33.5. The topological polar surface area (TPSA) is 142 Å². The van der Waals surface area contributed by atoms with Crippen molar-refractivity contribution in [3.8, 4) is 0 Å². The van der Waals surface area contributed by atoms with Crippen LogP contribution < -0.4 is 5.43 Å². The van der Waals surface area contributed by atoms with Gasteiger partial charge in [-0.3, -0.25) is 4.57 Å². The van der Waals surface area contributed by atoms with Gasteiger partial charge in [-0.15, -0.1) is 11.8 Å². The summed E-state index contributed by atoms with van der Waals surface area (Å²) in [4.78, 5) is 17.7. The van der Waals surface area contributed by atoms with Crippen LogP contribution in [0, 0.1) is 0 Å². The lowest BCUT2D eigenvalue weighted by Gasteiger charge is -2.31. The van der Waals surface area contributed by atoms with Gasteiger partial charge in [-0.2, -0.15) is 0 Å². The first-order valence-corrected chi connectivity index (χ1v) is 12.3. The van der Waals surface area contributed by atoms with Crippen LogP contribution >= 0.6 is 27.7 Å². The van der Waals surface area contributed by atoms with E-state index in [-0.39, 0.29) is 0 Å². The fourth-order valence-electron chi connectivity index (χ4n) is 4.09. The van der Waals surface area contributed by atoms with Gasteiger partial charge in [0.25, 0.3) is 0 Å². The van der Waals surface area contributed by atoms with Crippen LogP contribution in [0.25, 0.3) is 11.2 Å². The highest BCUT2D eigenvalue weighted by Gasteiger charge is 2.44. The van der Waals surface area contributed by atoms with E-state index in [0.717, 1.165) is 31.0 Å². The van der Waals surface area contributed by atoms with Gasteiger partial charge >= 0.3 is 0 Å². The lowest BCUT2D eigenvalue weighted by molar-refractivity contribution is -0.0511. The van der Waals surface area contributed by atoms with Gasteiger partial charge in [0.15, 0.2) is 23.2 Å². The number of imidazole rings is 1. The molecule has 5 rings (SSSR count). The molecule has 0 aromatic carbocycles. The highest BCUT2D eigenvalue weighted by Crippen LogP contribution is 2.33. The molecular weight excluding hydrogens is 514 g/mol. The third kappa shape index (κ3) is 4.71. The Kier molecular flexibility index (Phi) is 6.79. The largest absolute Gasteiger partial charge is 0.394 e. The van der Waals surface area contributed by atoms with Crippen molar-refractivity contribution >= 4 is 44.7 Å². The van der Waals surface area contributed by atoms with Gasteiger partial charge in [-0.25, -0.2) is 24.9 Å². The first kappa shape index (κ1) is 22.9. The fraction of sp³-hybridized carbons (Fsp3) is 0.500. The lowest BCUT2D eigenvalue weighted by Crippen LogP contribution is -2.39. The zero-order valence-electron chi connectivity index (χ0n) is 17.5. The number of fused-ring (bicyclic) bond motifs is 1. The van der Waals surface area contributed by atoms with E-state index in [0.29, 0.717) is 27.0 Å². The van der Waals surface area contributed by atoms with Gasteiger partial charge in [0.1, 0.15) is 18.3 Å². The zero-order valence-corrected chi connectivity index (χ0v) is 19.9. The maximum atomic E-state index is 10.4. The molecule has 2 saturated heterocycles. The monoisotopic (exact) mass is 537 g/mol. The molecule has 33 heavy (non-hydrogen) atoms. The molecular formula is C20H24BrN7O4S. The van der Waals surface area contributed by atoms with Crippen molar-refractivity contribution in [2.75, 3.05) is 25.1 Å². The molecule has 0 bridgehead atoms. The van der Waals surface area contributed by atoms with Crippen LogP contribution in [0.5, 0.6) is 0 Å². The van der Waals surface area contributed by atoms with Crippen molar-refractivity contribution in [3.63, 3.8) is 0 Å².